The second-order valence-electron chi connectivity index (χ2n) is 6.18. The number of benzene rings is 2. The lowest BCUT2D eigenvalue weighted by Crippen LogP contribution is -2.31. The molecule has 0 unspecified atom stereocenters. The van der Waals surface area contributed by atoms with Crippen LogP contribution in [0.1, 0.15) is 48.3 Å². The second-order valence-corrected chi connectivity index (χ2v) is 6.18. The summed E-state index contributed by atoms with van der Waals surface area (Å²) in [6, 6.07) is 15.2. The molecule has 0 heterocycles. The van der Waals surface area contributed by atoms with Gasteiger partial charge in [-0.3, -0.25) is 0 Å². The molecule has 21 heavy (non-hydrogen) atoms. The summed E-state index contributed by atoms with van der Waals surface area (Å²) in [4.78, 5) is 0. The van der Waals surface area contributed by atoms with Crippen LogP contribution < -0.4 is 0 Å². The Morgan fingerprint density at radius 3 is 2.33 bits per heavy atom. The van der Waals surface area contributed by atoms with Crippen molar-refractivity contribution in [3.05, 3.63) is 71.0 Å². The first-order valence-corrected chi connectivity index (χ1v) is 7.62. The van der Waals surface area contributed by atoms with E-state index in [4.69, 9.17) is 0 Å². The van der Waals surface area contributed by atoms with Crippen LogP contribution >= 0.6 is 0 Å². The van der Waals surface area contributed by atoms with Gasteiger partial charge < -0.3 is 5.11 Å². The molecule has 0 aromatic heterocycles. The lowest BCUT2D eigenvalue weighted by atomic mass is 9.72. The normalized spacial score (nSPS) is 25.8. The summed E-state index contributed by atoms with van der Waals surface area (Å²) in [5.74, 6) is 0.282. The largest absolute Gasteiger partial charge is 0.385 e. The number of hydrogen-bond acceptors (Lipinski definition) is 1. The number of rotatable bonds is 2. The van der Waals surface area contributed by atoms with Crippen LogP contribution in [0.4, 0.5) is 4.39 Å². The molecule has 2 heteroatoms. The summed E-state index contributed by atoms with van der Waals surface area (Å²) in [6.45, 7) is 1.87. The van der Waals surface area contributed by atoms with E-state index in [0.29, 0.717) is 5.92 Å². The summed E-state index contributed by atoms with van der Waals surface area (Å²) in [6.07, 6.45) is 3.41. The molecule has 110 valence electrons. The highest BCUT2D eigenvalue weighted by molar-refractivity contribution is 5.33. The minimum Gasteiger partial charge on any atom is -0.385 e. The van der Waals surface area contributed by atoms with Crippen molar-refractivity contribution in [2.45, 2.75) is 44.1 Å². The van der Waals surface area contributed by atoms with Crippen LogP contribution in [-0.4, -0.2) is 5.11 Å². The van der Waals surface area contributed by atoms with Crippen molar-refractivity contribution in [1.82, 2.24) is 0 Å². The Hall–Kier alpha value is -1.67. The van der Waals surface area contributed by atoms with E-state index < -0.39 is 5.60 Å². The van der Waals surface area contributed by atoms with Gasteiger partial charge in [-0.25, -0.2) is 4.39 Å². The molecule has 0 saturated heterocycles. The van der Waals surface area contributed by atoms with Crippen molar-refractivity contribution >= 4 is 0 Å². The molecule has 1 fully saturated rings. The van der Waals surface area contributed by atoms with Gasteiger partial charge in [-0.1, -0.05) is 36.4 Å². The molecule has 1 aliphatic rings. The van der Waals surface area contributed by atoms with Crippen molar-refractivity contribution < 1.29 is 9.50 Å². The number of aliphatic hydroxyl groups is 1. The van der Waals surface area contributed by atoms with E-state index in [-0.39, 0.29) is 5.82 Å². The molecule has 0 atom stereocenters. The van der Waals surface area contributed by atoms with Gasteiger partial charge in [0.15, 0.2) is 0 Å². The molecule has 2 aromatic carbocycles. The number of halogens is 1. The lowest BCUT2D eigenvalue weighted by molar-refractivity contribution is -0.00624. The molecule has 1 nitrogen and oxygen atoms in total. The minimum atomic E-state index is -0.803. The molecular weight excluding hydrogens is 263 g/mol. The molecule has 2 aromatic rings. The summed E-state index contributed by atoms with van der Waals surface area (Å²) >= 11 is 0. The zero-order valence-corrected chi connectivity index (χ0v) is 12.3. The molecule has 3 rings (SSSR count). The monoisotopic (exact) mass is 284 g/mol. The molecule has 0 radical (unpaired) electrons. The van der Waals surface area contributed by atoms with E-state index in [0.717, 1.165) is 36.8 Å². The molecule has 1 N–H and O–H groups in total. The van der Waals surface area contributed by atoms with Gasteiger partial charge in [0.2, 0.25) is 0 Å². The molecule has 0 bridgehead atoms. The summed E-state index contributed by atoms with van der Waals surface area (Å²) < 4.78 is 13.2. The number of hydrogen-bond donors (Lipinski definition) is 1. The summed E-state index contributed by atoms with van der Waals surface area (Å²) in [5, 5.41) is 11.0. The van der Waals surface area contributed by atoms with Gasteiger partial charge in [-0.05, 0) is 67.3 Å². The van der Waals surface area contributed by atoms with Crippen molar-refractivity contribution in [3.63, 3.8) is 0 Å². The molecule has 1 aliphatic carbocycles. The van der Waals surface area contributed by atoms with Gasteiger partial charge in [0.25, 0.3) is 0 Å². The predicted octanol–water partition coefficient (Wildman–Crippen LogP) is 4.68. The van der Waals surface area contributed by atoms with Crippen molar-refractivity contribution in [2.24, 2.45) is 0 Å². The van der Waals surface area contributed by atoms with Crippen LogP contribution in [0, 0.1) is 12.7 Å². The third kappa shape index (κ3) is 2.86. The minimum absolute atomic E-state index is 0.238. The molecule has 0 spiro atoms. The van der Waals surface area contributed by atoms with E-state index >= 15 is 0 Å². The van der Waals surface area contributed by atoms with Gasteiger partial charge in [0.05, 0.1) is 5.60 Å². The highest BCUT2D eigenvalue weighted by Crippen LogP contribution is 2.44. The van der Waals surface area contributed by atoms with Crippen LogP contribution in [0.15, 0.2) is 48.5 Å². The summed E-state index contributed by atoms with van der Waals surface area (Å²) in [7, 11) is 0. The fourth-order valence-corrected chi connectivity index (χ4v) is 3.57. The van der Waals surface area contributed by atoms with Gasteiger partial charge >= 0.3 is 0 Å². The van der Waals surface area contributed by atoms with E-state index in [1.54, 1.807) is 6.07 Å². The molecular formula is C19H21FO. The predicted molar refractivity (Wildman–Crippen MR) is 82.7 cm³/mol. The SMILES string of the molecule is Cc1cc(F)ccc1C1(O)CCC(c2ccccc2)CC1. The Bertz CT molecular complexity index is 613. The van der Waals surface area contributed by atoms with Crippen LogP contribution in [0.2, 0.25) is 0 Å². The zero-order chi connectivity index (χ0) is 14.9. The smallest absolute Gasteiger partial charge is 0.123 e. The van der Waals surface area contributed by atoms with E-state index in [1.165, 1.54) is 17.7 Å². The first kappa shape index (κ1) is 14.3. The quantitative estimate of drug-likeness (QED) is 0.849. The molecule has 0 aliphatic heterocycles. The Morgan fingerprint density at radius 2 is 1.71 bits per heavy atom. The Kier molecular flexibility index (Phi) is 3.81. The summed E-state index contributed by atoms with van der Waals surface area (Å²) in [5.41, 5.74) is 2.28. The maximum atomic E-state index is 13.2. The van der Waals surface area contributed by atoms with Gasteiger partial charge in [0.1, 0.15) is 5.82 Å². The van der Waals surface area contributed by atoms with Crippen molar-refractivity contribution in [1.29, 1.82) is 0 Å². The Morgan fingerprint density at radius 1 is 1.05 bits per heavy atom. The Labute approximate surface area is 125 Å². The van der Waals surface area contributed by atoms with Crippen LogP contribution in [0.3, 0.4) is 0 Å². The maximum Gasteiger partial charge on any atom is 0.123 e. The number of aryl methyl sites for hydroxylation is 1. The molecule has 1 saturated carbocycles. The third-order valence-corrected chi connectivity index (χ3v) is 4.77. The van der Waals surface area contributed by atoms with E-state index in [2.05, 4.69) is 24.3 Å². The average molecular weight is 284 g/mol. The van der Waals surface area contributed by atoms with Crippen LogP contribution in [-0.2, 0) is 5.60 Å². The fraction of sp³-hybridized carbons (Fsp3) is 0.368. The highest BCUT2D eigenvalue weighted by Gasteiger charge is 2.36. The van der Waals surface area contributed by atoms with Crippen LogP contribution in [0.5, 0.6) is 0 Å². The van der Waals surface area contributed by atoms with Gasteiger partial charge in [0, 0.05) is 0 Å². The van der Waals surface area contributed by atoms with Crippen LogP contribution in [0.25, 0.3) is 0 Å². The first-order valence-electron chi connectivity index (χ1n) is 7.62. The fourth-order valence-electron chi connectivity index (χ4n) is 3.57. The van der Waals surface area contributed by atoms with E-state index in [1.807, 2.05) is 13.0 Å². The van der Waals surface area contributed by atoms with Gasteiger partial charge in [-0.2, -0.15) is 0 Å². The van der Waals surface area contributed by atoms with Crippen molar-refractivity contribution in [3.8, 4) is 0 Å². The maximum absolute atomic E-state index is 13.2. The topological polar surface area (TPSA) is 20.2 Å². The van der Waals surface area contributed by atoms with E-state index in [9.17, 15) is 9.50 Å². The zero-order valence-electron chi connectivity index (χ0n) is 12.3. The standard InChI is InChI=1S/C19H21FO/c1-14-13-17(20)7-8-18(14)19(21)11-9-16(10-12-19)15-5-3-2-4-6-15/h2-8,13,16,21H,9-12H2,1H3. The highest BCUT2D eigenvalue weighted by atomic mass is 19.1. The third-order valence-electron chi connectivity index (χ3n) is 4.77. The average Bonchev–Trinajstić information content (AvgIpc) is 2.48. The van der Waals surface area contributed by atoms with Gasteiger partial charge in [-0.15, -0.1) is 0 Å². The molecule has 0 amide bonds. The lowest BCUT2D eigenvalue weighted by Gasteiger charge is -2.37. The second kappa shape index (κ2) is 5.61. The van der Waals surface area contributed by atoms with Crippen molar-refractivity contribution in [2.75, 3.05) is 0 Å². The Balaban J connectivity index is 1.78. The first-order chi connectivity index (χ1) is 10.1.